The molecule has 12 nitrogen and oxygen atoms in total. The van der Waals surface area contributed by atoms with Crippen LogP contribution in [0.25, 0.3) is 0 Å². The van der Waals surface area contributed by atoms with Crippen molar-refractivity contribution in [2.75, 3.05) is 72.0 Å². The molecule has 0 radical (unpaired) electrons. The van der Waals surface area contributed by atoms with Crippen LogP contribution in [0, 0.1) is 0 Å². The summed E-state index contributed by atoms with van der Waals surface area (Å²) in [5.41, 5.74) is 0. The number of aldehydes is 2. The number of aliphatic carboxylic acids is 3. The quantitative estimate of drug-likeness (QED) is 0.302. The third-order valence-corrected chi connectivity index (χ3v) is 5.21. The molecule has 0 bridgehead atoms. The van der Waals surface area contributed by atoms with Gasteiger partial charge in [0.05, 0.1) is 19.6 Å². The van der Waals surface area contributed by atoms with Crippen molar-refractivity contribution in [3.8, 4) is 0 Å². The van der Waals surface area contributed by atoms with Crippen LogP contribution in [0.2, 0.25) is 0 Å². The number of nitrogens with zero attached hydrogens (tertiary/aromatic N) is 4. The van der Waals surface area contributed by atoms with Gasteiger partial charge in [0, 0.05) is 58.8 Å². The SMILES string of the molecule is O=CCCC(C(=O)O)N1CCN(CC=O)CCN(CC(=O)O)CCN(CC(=O)O)CC1. The first kappa shape index (κ1) is 26.6. The third-order valence-electron chi connectivity index (χ3n) is 5.21. The number of rotatable bonds is 11. The second kappa shape index (κ2) is 14.6. The Morgan fingerprint density at radius 2 is 1.16 bits per heavy atom. The van der Waals surface area contributed by atoms with Gasteiger partial charge in [-0.3, -0.25) is 34.0 Å². The Balaban J connectivity index is 3.04. The Bertz CT molecular complexity index is 618. The molecule has 0 aromatic heterocycles. The van der Waals surface area contributed by atoms with Crippen molar-refractivity contribution in [2.45, 2.75) is 18.9 Å². The van der Waals surface area contributed by atoms with E-state index in [0.717, 1.165) is 6.29 Å². The van der Waals surface area contributed by atoms with Gasteiger partial charge in [-0.25, -0.2) is 0 Å². The number of carbonyl (C=O) groups excluding carboxylic acids is 2. The second-order valence-electron chi connectivity index (χ2n) is 7.44. The minimum absolute atomic E-state index is 0.0918. The Hall–Kier alpha value is -2.41. The lowest BCUT2D eigenvalue weighted by molar-refractivity contribution is -0.144. The summed E-state index contributed by atoms with van der Waals surface area (Å²) in [5, 5.41) is 28.0. The van der Waals surface area contributed by atoms with E-state index in [1.54, 1.807) is 14.7 Å². The van der Waals surface area contributed by atoms with Gasteiger partial charge in [0.1, 0.15) is 18.6 Å². The Kier molecular flexibility index (Phi) is 12.5. The van der Waals surface area contributed by atoms with E-state index >= 15 is 0 Å². The first-order chi connectivity index (χ1) is 14.8. The van der Waals surface area contributed by atoms with Crippen molar-refractivity contribution in [1.82, 2.24) is 19.6 Å². The van der Waals surface area contributed by atoms with Crippen LogP contribution >= 0.6 is 0 Å². The standard InChI is InChI=1S/C19H32N4O8/c24-12-1-2-16(19(30)31)23-9-7-20(11-13-25)3-4-21(14-17(26)27)5-6-22(8-10-23)15-18(28)29/h12-13,16H,1-11,14-15H2,(H,26,27)(H,28,29)(H,30,31). The van der Waals surface area contributed by atoms with Crippen molar-refractivity contribution < 1.29 is 39.3 Å². The molecule has 1 aliphatic rings. The minimum Gasteiger partial charge on any atom is -0.480 e. The summed E-state index contributed by atoms with van der Waals surface area (Å²) in [5.74, 6) is -3.09. The van der Waals surface area contributed by atoms with Crippen LogP contribution in [-0.4, -0.2) is 143 Å². The highest BCUT2D eigenvalue weighted by molar-refractivity contribution is 5.74. The summed E-state index contributed by atoms with van der Waals surface area (Å²) in [6.45, 7) is 2.29. The second-order valence-corrected chi connectivity index (χ2v) is 7.44. The van der Waals surface area contributed by atoms with E-state index in [-0.39, 0.29) is 45.6 Å². The predicted molar refractivity (Wildman–Crippen MR) is 109 cm³/mol. The summed E-state index contributed by atoms with van der Waals surface area (Å²) in [6, 6.07) is -0.901. The fourth-order valence-corrected chi connectivity index (χ4v) is 3.54. The average molecular weight is 444 g/mol. The smallest absolute Gasteiger partial charge is 0.320 e. The first-order valence-corrected chi connectivity index (χ1v) is 10.2. The van der Waals surface area contributed by atoms with Gasteiger partial charge in [-0.2, -0.15) is 0 Å². The molecule has 12 heteroatoms. The number of hydrogen-bond acceptors (Lipinski definition) is 9. The van der Waals surface area contributed by atoms with E-state index in [9.17, 15) is 34.2 Å². The number of hydrogen-bond donors (Lipinski definition) is 3. The number of carboxylic acids is 3. The van der Waals surface area contributed by atoms with Crippen molar-refractivity contribution in [3.63, 3.8) is 0 Å². The fourth-order valence-electron chi connectivity index (χ4n) is 3.54. The van der Waals surface area contributed by atoms with Crippen LogP contribution in [0.3, 0.4) is 0 Å². The Labute approximate surface area is 181 Å². The third kappa shape index (κ3) is 11.0. The van der Waals surface area contributed by atoms with E-state index in [1.165, 1.54) is 0 Å². The topological polar surface area (TPSA) is 159 Å². The summed E-state index contributed by atoms with van der Waals surface area (Å²) < 4.78 is 0. The molecule has 0 aromatic rings. The van der Waals surface area contributed by atoms with Crippen LogP contribution in [0.4, 0.5) is 0 Å². The van der Waals surface area contributed by atoms with Crippen LogP contribution in [0.1, 0.15) is 12.8 Å². The molecule has 0 aromatic carbocycles. The lowest BCUT2D eigenvalue weighted by atomic mass is 10.1. The van der Waals surface area contributed by atoms with Crippen molar-refractivity contribution in [1.29, 1.82) is 0 Å². The summed E-state index contributed by atoms with van der Waals surface area (Å²) in [4.78, 5) is 62.9. The first-order valence-electron chi connectivity index (χ1n) is 10.2. The molecule has 1 fully saturated rings. The van der Waals surface area contributed by atoms with E-state index in [2.05, 4.69) is 0 Å². The van der Waals surface area contributed by atoms with Crippen LogP contribution in [-0.2, 0) is 24.0 Å². The maximum Gasteiger partial charge on any atom is 0.320 e. The molecule has 1 saturated heterocycles. The highest BCUT2D eigenvalue weighted by Gasteiger charge is 2.27. The Morgan fingerprint density at radius 1 is 0.710 bits per heavy atom. The normalized spacial score (nSPS) is 19.6. The largest absolute Gasteiger partial charge is 0.480 e. The minimum atomic E-state index is -1.06. The zero-order chi connectivity index (χ0) is 23.2. The monoisotopic (exact) mass is 444 g/mol. The van der Waals surface area contributed by atoms with Gasteiger partial charge in [-0.15, -0.1) is 0 Å². The summed E-state index contributed by atoms with van der Waals surface area (Å²) >= 11 is 0. The van der Waals surface area contributed by atoms with Gasteiger partial charge >= 0.3 is 17.9 Å². The molecule has 1 heterocycles. The molecule has 176 valence electrons. The van der Waals surface area contributed by atoms with Crippen LogP contribution < -0.4 is 0 Å². The zero-order valence-corrected chi connectivity index (χ0v) is 17.6. The van der Waals surface area contributed by atoms with Crippen molar-refractivity contribution >= 4 is 30.5 Å². The van der Waals surface area contributed by atoms with E-state index in [0.29, 0.717) is 45.6 Å². The molecule has 3 N–H and O–H groups in total. The van der Waals surface area contributed by atoms with Gasteiger partial charge in [-0.05, 0) is 6.42 Å². The maximum atomic E-state index is 11.8. The molecule has 1 rings (SSSR count). The molecule has 0 aliphatic carbocycles. The maximum absolute atomic E-state index is 11.8. The molecule has 31 heavy (non-hydrogen) atoms. The van der Waals surface area contributed by atoms with Gasteiger partial charge in [0.15, 0.2) is 0 Å². The van der Waals surface area contributed by atoms with E-state index in [1.807, 2.05) is 4.90 Å². The Morgan fingerprint density at radius 3 is 1.58 bits per heavy atom. The summed E-state index contributed by atoms with van der Waals surface area (Å²) in [6.07, 6.45) is 1.64. The van der Waals surface area contributed by atoms with Crippen molar-refractivity contribution in [3.05, 3.63) is 0 Å². The van der Waals surface area contributed by atoms with E-state index < -0.39 is 23.9 Å². The number of carboxylic acid groups (broad SMARTS) is 3. The van der Waals surface area contributed by atoms with Gasteiger partial charge in [0.2, 0.25) is 0 Å². The molecule has 1 unspecified atom stereocenters. The zero-order valence-electron chi connectivity index (χ0n) is 17.6. The van der Waals surface area contributed by atoms with Gasteiger partial charge in [-0.1, -0.05) is 0 Å². The highest BCUT2D eigenvalue weighted by Crippen LogP contribution is 2.09. The van der Waals surface area contributed by atoms with Crippen molar-refractivity contribution in [2.24, 2.45) is 0 Å². The van der Waals surface area contributed by atoms with Crippen LogP contribution in [0.15, 0.2) is 0 Å². The highest BCUT2D eigenvalue weighted by atomic mass is 16.4. The molecule has 1 atom stereocenters. The number of carbonyl (C=O) groups is 5. The predicted octanol–water partition coefficient (Wildman–Crippen LogP) is -1.99. The van der Waals surface area contributed by atoms with E-state index in [4.69, 9.17) is 5.11 Å². The molecular formula is C19H32N4O8. The van der Waals surface area contributed by atoms with Crippen LogP contribution in [0.5, 0.6) is 0 Å². The fraction of sp³-hybridized carbons (Fsp3) is 0.737. The average Bonchev–Trinajstić information content (AvgIpc) is 2.68. The lowest BCUT2D eigenvalue weighted by Gasteiger charge is -2.35. The van der Waals surface area contributed by atoms with Gasteiger partial charge < -0.3 is 24.9 Å². The molecular weight excluding hydrogens is 412 g/mol. The molecule has 0 amide bonds. The van der Waals surface area contributed by atoms with Gasteiger partial charge in [0.25, 0.3) is 0 Å². The molecule has 1 aliphatic heterocycles. The lowest BCUT2D eigenvalue weighted by Crippen LogP contribution is -2.51. The molecule has 0 saturated carbocycles. The molecule has 0 spiro atoms. The summed E-state index contributed by atoms with van der Waals surface area (Å²) in [7, 11) is 0.